The maximum Gasteiger partial charge on any atom is 0.356 e. The fraction of sp³-hybridized carbons (Fsp3) is 0.400. The van der Waals surface area contributed by atoms with Crippen LogP contribution in [0, 0.1) is 0 Å². The molecule has 6 heteroatoms. The highest BCUT2D eigenvalue weighted by Crippen LogP contribution is 2.21. The first kappa shape index (κ1) is 13.3. The number of aromatic nitrogens is 1. The quantitative estimate of drug-likeness (QED) is 0.803. The van der Waals surface area contributed by atoms with Crippen molar-refractivity contribution in [3.63, 3.8) is 0 Å². The smallest absolute Gasteiger partial charge is 0.356 e. The number of hydrogen-bond donors (Lipinski definition) is 0. The highest BCUT2D eigenvalue weighted by Gasteiger charge is 2.17. The Kier molecular flexibility index (Phi) is 4.61. The lowest BCUT2D eigenvalue weighted by Crippen LogP contribution is -2.12. The van der Waals surface area contributed by atoms with Crippen LogP contribution in [0.15, 0.2) is 21.6 Å². The van der Waals surface area contributed by atoms with Crippen molar-refractivity contribution < 1.29 is 13.7 Å². The van der Waals surface area contributed by atoms with Crippen LogP contribution in [0.3, 0.4) is 0 Å². The van der Waals surface area contributed by atoms with Crippen LogP contribution in [0.1, 0.15) is 24.3 Å². The van der Waals surface area contributed by atoms with Crippen molar-refractivity contribution in [1.82, 2.24) is 4.98 Å². The number of esters is 1. The molecule has 0 amide bonds. The van der Waals surface area contributed by atoms with Crippen LogP contribution < -0.4 is 0 Å². The molecule has 0 unspecified atom stereocenters. The molecule has 4 nitrogen and oxygen atoms in total. The van der Waals surface area contributed by atoms with Crippen LogP contribution in [0.2, 0.25) is 0 Å². The summed E-state index contributed by atoms with van der Waals surface area (Å²) in [7, 11) is 0.0416. The fourth-order valence-corrected chi connectivity index (χ4v) is 2.60. The summed E-state index contributed by atoms with van der Waals surface area (Å²) in [5.74, 6) is -0.533. The number of rotatable bonds is 3. The first-order chi connectivity index (χ1) is 7.47. The molecule has 0 aliphatic carbocycles. The lowest BCUT2D eigenvalue weighted by Gasteiger charge is -2.08. The minimum Gasteiger partial charge on any atom is -0.464 e. The Bertz CT molecular complexity index is 434. The molecule has 0 saturated carbocycles. The predicted molar refractivity (Wildman–Crippen MR) is 64.8 cm³/mol. The van der Waals surface area contributed by atoms with Crippen LogP contribution in [0.25, 0.3) is 0 Å². The van der Waals surface area contributed by atoms with Gasteiger partial charge >= 0.3 is 5.97 Å². The molecule has 0 radical (unpaired) electrons. The Balaban J connectivity index is 3.18. The molecule has 0 fully saturated rings. The van der Waals surface area contributed by atoms with E-state index in [2.05, 4.69) is 25.7 Å². The SMILES string of the molecule is COC(=O)c1ccc(Br)c([S@@](=O)C(C)C)n1. The summed E-state index contributed by atoms with van der Waals surface area (Å²) >= 11 is 3.26. The van der Waals surface area contributed by atoms with Crippen LogP contribution in [-0.4, -0.2) is 27.5 Å². The highest BCUT2D eigenvalue weighted by molar-refractivity contribution is 9.10. The van der Waals surface area contributed by atoms with Crippen molar-refractivity contribution in [3.05, 3.63) is 22.3 Å². The van der Waals surface area contributed by atoms with Gasteiger partial charge in [0.25, 0.3) is 0 Å². The number of ether oxygens (including phenoxy) is 1. The zero-order valence-corrected chi connectivity index (χ0v) is 11.6. The minimum absolute atomic E-state index is 0.0586. The van der Waals surface area contributed by atoms with Crippen LogP contribution in [0.4, 0.5) is 0 Å². The van der Waals surface area contributed by atoms with E-state index in [0.29, 0.717) is 9.50 Å². The molecule has 1 atom stereocenters. The summed E-state index contributed by atoms with van der Waals surface area (Å²) in [6, 6.07) is 3.17. The lowest BCUT2D eigenvalue weighted by atomic mass is 10.3. The van der Waals surface area contributed by atoms with Gasteiger partial charge in [0.05, 0.1) is 22.4 Å². The van der Waals surface area contributed by atoms with Crippen molar-refractivity contribution in [3.8, 4) is 0 Å². The Hall–Kier alpha value is -0.750. The Morgan fingerprint density at radius 3 is 2.62 bits per heavy atom. The average molecular weight is 306 g/mol. The second-order valence-corrected chi connectivity index (χ2v) is 6.10. The number of methoxy groups -OCH3 is 1. The van der Waals surface area contributed by atoms with E-state index in [9.17, 15) is 9.00 Å². The van der Waals surface area contributed by atoms with Gasteiger partial charge in [0.1, 0.15) is 10.7 Å². The van der Waals surface area contributed by atoms with E-state index in [-0.39, 0.29) is 10.9 Å². The number of carbonyl (C=O) groups is 1. The Morgan fingerprint density at radius 1 is 1.50 bits per heavy atom. The molecular formula is C10H12BrNO3S. The van der Waals surface area contributed by atoms with Gasteiger partial charge in [-0.2, -0.15) is 0 Å². The summed E-state index contributed by atoms with van der Waals surface area (Å²) in [4.78, 5) is 15.3. The summed E-state index contributed by atoms with van der Waals surface area (Å²) < 4.78 is 17.1. The van der Waals surface area contributed by atoms with Gasteiger partial charge in [0.15, 0.2) is 0 Å². The van der Waals surface area contributed by atoms with Crippen molar-refractivity contribution in [2.45, 2.75) is 24.1 Å². The van der Waals surface area contributed by atoms with Gasteiger partial charge < -0.3 is 4.74 Å². The Morgan fingerprint density at radius 2 is 2.12 bits per heavy atom. The molecule has 1 aromatic rings. The second-order valence-electron chi connectivity index (χ2n) is 3.32. The normalized spacial score (nSPS) is 12.6. The van der Waals surface area contributed by atoms with Gasteiger partial charge in [-0.3, -0.25) is 4.21 Å². The molecule has 1 aromatic heterocycles. The zero-order valence-electron chi connectivity index (χ0n) is 9.19. The van der Waals surface area contributed by atoms with Gasteiger partial charge in [-0.15, -0.1) is 0 Å². The molecule has 1 rings (SSSR count). The zero-order chi connectivity index (χ0) is 12.3. The van der Waals surface area contributed by atoms with Gasteiger partial charge in [-0.1, -0.05) is 13.8 Å². The highest BCUT2D eigenvalue weighted by atomic mass is 79.9. The van der Waals surface area contributed by atoms with Crippen LogP contribution in [-0.2, 0) is 15.5 Å². The summed E-state index contributed by atoms with van der Waals surface area (Å²) in [6.45, 7) is 3.66. The number of carbonyl (C=O) groups excluding carboxylic acids is 1. The summed E-state index contributed by atoms with van der Waals surface area (Å²) in [6.07, 6.45) is 0. The summed E-state index contributed by atoms with van der Waals surface area (Å²) in [5, 5.41) is 0.314. The molecule has 0 aliphatic heterocycles. The van der Waals surface area contributed by atoms with Crippen molar-refractivity contribution in [2.24, 2.45) is 0 Å². The number of halogens is 1. The molecule has 0 saturated heterocycles. The van der Waals surface area contributed by atoms with Crippen LogP contribution >= 0.6 is 15.9 Å². The number of nitrogens with zero attached hydrogens (tertiary/aromatic N) is 1. The maximum atomic E-state index is 11.9. The summed E-state index contributed by atoms with van der Waals surface area (Å²) in [5.41, 5.74) is 0.162. The second kappa shape index (κ2) is 5.54. The van der Waals surface area contributed by atoms with Crippen LogP contribution in [0.5, 0.6) is 0 Å². The largest absolute Gasteiger partial charge is 0.464 e. The first-order valence-corrected chi connectivity index (χ1v) is 6.63. The third-order valence-electron chi connectivity index (χ3n) is 1.83. The van der Waals surface area contributed by atoms with Gasteiger partial charge in [0.2, 0.25) is 0 Å². The predicted octanol–water partition coefficient (Wildman–Crippen LogP) is 2.15. The topological polar surface area (TPSA) is 56.3 Å². The van der Waals surface area contributed by atoms with E-state index >= 15 is 0 Å². The van der Waals surface area contributed by atoms with Crippen molar-refractivity contribution in [2.75, 3.05) is 7.11 Å². The molecule has 1 heterocycles. The van der Waals surface area contributed by atoms with Gasteiger partial charge in [-0.05, 0) is 28.1 Å². The molecule has 0 bridgehead atoms. The molecule has 16 heavy (non-hydrogen) atoms. The van der Waals surface area contributed by atoms with E-state index in [4.69, 9.17) is 0 Å². The van der Waals surface area contributed by atoms with E-state index in [1.54, 1.807) is 6.07 Å². The van der Waals surface area contributed by atoms with Crippen molar-refractivity contribution >= 4 is 32.7 Å². The molecule has 0 aliphatic rings. The average Bonchev–Trinajstić information content (AvgIpc) is 2.27. The van der Waals surface area contributed by atoms with E-state index in [1.807, 2.05) is 13.8 Å². The van der Waals surface area contributed by atoms with E-state index < -0.39 is 16.8 Å². The van der Waals surface area contributed by atoms with E-state index in [1.165, 1.54) is 13.2 Å². The molecule has 0 spiro atoms. The third-order valence-corrected chi connectivity index (χ3v) is 4.28. The minimum atomic E-state index is -1.24. The molecular weight excluding hydrogens is 294 g/mol. The van der Waals surface area contributed by atoms with Crippen molar-refractivity contribution in [1.29, 1.82) is 0 Å². The first-order valence-electron chi connectivity index (χ1n) is 4.62. The monoisotopic (exact) mass is 305 g/mol. The number of pyridine rings is 1. The standard InChI is InChI=1S/C10H12BrNO3S/c1-6(2)16(14)9-7(11)4-5-8(12-9)10(13)15-3/h4-6H,1-3H3/t16-/m0/s1. The number of hydrogen-bond acceptors (Lipinski definition) is 4. The maximum absolute atomic E-state index is 11.9. The molecule has 0 N–H and O–H groups in total. The van der Waals surface area contributed by atoms with Gasteiger partial charge in [0, 0.05) is 5.25 Å². The third kappa shape index (κ3) is 2.89. The van der Waals surface area contributed by atoms with Gasteiger partial charge in [-0.25, -0.2) is 9.78 Å². The molecule has 88 valence electrons. The fourth-order valence-electron chi connectivity index (χ4n) is 1.01. The molecule has 0 aromatic carbocycles. The Labute approximate surface area is 105 Å². The lowest BCUT2D eigenvalue weighted by molar-refractivity contribution is 0.0593. The van der Waals surface area contributed by atoms with E-state index in [0.717, 1.165) is 0 Å².